The Balaban J connectivity index is 1.71. The molecule has 7 nitrogen and oxygen atoms in total. The van der Waals surface area contributed by atoms with E-state index in [-0.39, 0.29) is 18.8 Å². The van der Waals surface area contributed by atoms with Gasteiger partial charge in [0.15, 0.2) is 5.16 Å². The van der Waals surface area contributed by atoms with Crippen LogP contribution in [0.1, 0.15) is 39.5 Å². The fraction of sp³-hybridized carbons (Fsp3) is 0.231. The van der Waals surface area contributed by atoms with E-state index in [0.717, 1.165) is 17.7 Å². The van der Waals surface area contributed by atoms with E-state index in [2.05, 4.69) is 4.98 Å². The lowest BCUT2D eigenvalue weighted by molar-refractivity contribution is -0.385. The van der Waals surface area contributed by atoms with Gasteiger partial charge in [0.25, 0.3) is 5.69 Å². The molecule has 0 radical (unpaired) electrons. The van der Waals surface area contributed by atoms with E-state index in [1.165, 1.54) is 30.0 Å². The number of ether oxygens (including phenoxy) is 1. The number of nitrogens with zero attached hydrogens (tertiary/aromatic N) is 3. The maximum absolute atomic E-state index is 13.0. The number of aromatic nitrogens is 2. The number of carbonyl (C=O) groups is 1. The maximum Gasteiger partial charge on any atom is 0.416 e. The van der Waals surface area contributed by atoms with Crippen molar-refractivity contribution in [1.82, 2.24) is 9.55 Å². The number of nitro benzene ring substituents is 1. The predicted octanol–water partition coefficient (Wildman–Crippen LogP) is 6.79. The number of alkyl halides is 3. The Labute approximate surface area is 214 Å². The third-order valence-electron chi connectivity index (χ3n) is 5.82. The predicted molar refractivity (Wildman–Crippen MR) is 134 cm³/mol. The van der Waals surface area contributed by atoms with Gasteiger partial charge in [0, 0.05) is 17.4 Å². The monoisotopic (exact) mass is 529 g/mol. The topological polar surface area (TPSA) is 87.3 Å². The molecule has 0 amide bonds. The van der Waals surface area contributed by atoms with Gasteiger partial charge in [-0.15, -0.1) is 0 Å². The zero-order chi connectivity index (χ0) is 26.7. The van der Waals surface area contributed by atoms with Crippen molar-refractivity contribution >= 4 is 34.5 Å². The first-order valence-electron chi connectivity index (χ1n) is 11.3. The minimum absolute atomic E-state index is 0.0236. The number of nitro groups is 1. The maximum atomic E-state index is 13.0. The average molecular weight is 530 g/mol. The van der Waals surface area contributed by atoms with E-state index in [0.29, 0.717) is 38.6 Å². The zero-order valence-corrected chi connectivity index (χ0v) is 20.7. The summed E-state index contributed by atoms with van der Waals surface area (Å²) in [5, 5.41) is 11.9. The summed E-state index contributed by atoms with van der Waals surface area (Å²) in [5.41, 5.74) is 2.78. The highest BCUT2D eigenvalue weighted by molar-refractivity contribution is 7.98. The van der Waals surface area contributed by atoms with Crippen LogP contribution in [0.5, 0.6) is 0 Å². The minimum atomic E-state index is -4.43. The van der Waals surface area contributed by atoms with Crippen molar-refractivity contribution in [2.75, 3.05) is 6.61 Å². The summed E-state index contributed by atoms with van der Waals surface area (Å²) >= 11 is 1.34. The van der Waals surface area contributed by atoms with Crippen LogP contribution in [0.15, 0.2) is 65.8 Å². The Kier molecular flexibility index (Phi) is 7.53. The smallest absolute Gasteiger partial charge is 0.416 e. The van der Waals surface area contributed by atoms with E-state index in [9.17, 15) is 28.1 Å². The van der Waals surface area contributed by atoms with Crippen LogP contribution in [0.25, 0.3) is 11.0 Å². The van der Waals surface area contributed by atoms with Gasteiger partial charge in [0.2, 0.25) is 0 Å². The van der Waals surface area contributed by atoms with E-state index < -0.39 is 22.6 Å². The molecule has 0 N–H and O–H groups in total. The molecule has 0 aliphatic heterocycles. The number of carbonyl (C=O) groups excluding carboxylic acids is 1. The number of rotatable bonds is 8. The van der Waals surface area contributed by atoms with E-state index in [1.54, 1.807) is 44.2 Å². The van der Waals surface area contributed by atoms with Crippen LogP contribution in [0.3, 0.4) is 0 Å². The SMILES string of the molecule is CCOC(=O)c1ccc2c(c1)nc(SCc1cccc([N+](=O)[O-])c1C)n2Cc1ccc(C(F)(F)F)cc1. The quantitative estimate of drug-likeness (QED) is 0.108. The molecule has 0 fully saturated rings. The molecule has 37 heavy (non-hydrogen) atoms. The van der Waals surface area contributed by atoms with Crippen LogP contribution < -0.4 is 0 Å². The summed E-state index contributed by atoms with van der Waals surface area (Å²) in [4.78, 5) is 27.8. The van der Waals surface area contributed by atoms with Crippen LogP contribution in [0.4, 0.5) is 18.9 Å². The number of benzene rings is 3. The molecule has 0 bridgehead atoms. The number of imidazole rings is 1. The zero-order valence-electron chi connectivity index (χ0n) is 19.9. The normalized spacial score (nSPS) is 11.6. The van der Waals surface area contributed by atoms with Gasteiger partial charge in [-0.25, -0.2) is 9.78 Å². The Morgan fingerprint density at radius 3 is 2.51 bits per heavy atom. The number of esters is 1. The number of fused-ring (bicyclic) bond motifs is 1. The molecule has 4 aromatic rings. The van der Waals surface area contributed by atoms with Gasteiger partial charge in [-0.1, -0.05) is 36.0 Å². The second-order valence-electron chi connectivity index (χ2n) is 8.21. The van der Waals surface area contributed by atoms with Crippen LogP contribution in [-0.2, 0) is 23.2 Å². The molecular weight excluding hydrogens is 507 g/mol. The van der Waals surface area contributed by atoms with Crippen LogP contribution in [-0.4, -0.2) is 27.1 Å². The molecule has 192 valence electrons. The van der Waals surface area contributed by atoms with Crippen molar-refractivity contribution < 1.29 is 27.6 Å². The number of thioether (sulfide) groups is 1. The highest BCUT2D eigenvalue weighted by Crippen LogP contribution is 2.32. The lowest BCUT2D eigenvalue weighted by atomic mass is 10.1. The second-order valence-corrected chi connectivity index (χ2v) is 9.15. The lowest BCUT2D eigenvalue weighted by Crippen LogP contribution is -2.06. The molecule has 0 aliphatic rings. The van der Waals surface area contributed by atoms with Crippen molar-refractivity contribution in [2.24, 2.45) is 0 Å². The third-order valence-corrected chi connectivity index (χ3v) is 6.84. The molecule has 0 saturated heterocycles. The molecule has 0 spiro atoms. The first kappa shape index (κ1) is 26.2. The summed E-state index contributed by atoms with van der Waals surface area (Å²) in [5.74, 6) is -0.0997. The van der Waals surface area contributed by atoms with E-state index in [1.807, 2.05) is 4.57 Å². The Morgan fingerprint density at radius 2 is 1.86 bits per heavy atom. The Morgan fingerprint density at radius 1 is 1.14 bits per heavy atom. The van der Waals surface area contributed by atoms with Gasteiger partial charge in [-0.2, -0.15) is 13.2 Å². The van der Waals surface area contributed by atoms with Crippen molar-refractivity contribution in [2.45, 2.75) is 37.5 Å². The molecule has 3 aromatic carbocycles. The first-order valence-corrected chi connectivity index (χ1v) is 12.3. The van der Waals surface area contributed by atoms with Crippen molar-refractivity contribution in [3.05, 3.63) is 98.6 Å². The van der Waals surface area contributed by atoms with E-state index in [4.69, 9.17) is 4.74 Å². The van der Waals surface area contributed by atoms with Gasteiger partial charge >= 0.3 is 12.1 Å². The van der Waals surface area contributed by atoms with E-state index >= 15 is 0 Å². The molecule has 4 rings (SSSR count). The molecule has 1 aromatic heterocycles. The molecule has 0 saturated carbocycles. The van der Waals surface area contributed by atoms with Crippen LogP contribution in [0, 0.1) is 17.0 Å². The molecule has 1 heterocycles. The summed E-state index contributed by atoms with van der Waals surface area (Å²) in [6, 6.07) is 14.7. The highest BCUT2D eigenvalue weighted by atomic mass is 32.2. The summed E-state index contributed by atoms with van der Waals surface area (Å²) in [6.07, 6.45) is -4.43. The van der Waals surface area contributed by atoms with Crippen molar-refractivity contribution in [3.63, 3.8) is 0 Å². The van der Waals surface area contributed by atoms with Crippen molar-refractivity contribution in [1.29, 1.82) is 0 Å². The Bertz CT molecular complexity index is 1470. The molecule has 0 aliphatic carbocycles. The molecule has 0 unspecified atom stereocenters. The Hall–Kier alpha value is -3.86. The molecule has 11 heteroatoms. The molecular formula is C26H22F3N3O4S. The number of hydrogen-bond acceptors (Lipinski definition) is 6. The number of halogens is 3. The summed E-state index contributed by atoms with van der Waals surface area (Å²) in [6.45, 7) is 3.86. The van der Waals surface area contributed by atoms with Crippen LogP contribution >= 0.6 is 11.8 Å². The fourth-order valence-electron chi connectivity index (χ4n) is 3.86. The van der Waals surface area contributed by atoms with Crippen molar-refractivity contribution in [3.8, 4) is 0 Å². The molecule has 0 atom stereocenters. The minimum Gasteiger partial charge on any atom is -0.462 e. The van der Waals surface area contributed by atoms with Gasteiger partial charge in [-0.3, -0.25) is 10.1 Å². The third kappa shape index (κ3) is 5.77. The first-order chi connectivity index (χ1) is 17.6. The van der Waals surface area contributed by atoms with Gasteiger partial charge < -0.3 is 9.30 Å². The second kappa shape index (κ2) is 10.6. The summed E-state index contributed by atoms with van der Waals surface area (Å²) in [7, 11) is 0. The number of hydrogen-bond donors (Lipinski definition) is 0. The standard InChI is InChI=1S/C26H22F3N3O4S/c1-3-36-24(33)18-9-12-23-21(13-18)30-25(37-15-19-5-4-6-22(16(19)2)32(34)35)31(23)14-17-7-10-20(11-8-17)26(27,28)29/h4-13H,3,14-15H2,1-2H3. The largest absolute Gasteiger partial charge is 0.462 e. The van der Waals surface area contributed by atoms with Gasteiger partial charge in [-0.05, 0) is 55.3 Å². The summed E-state index contributed by atoms with van der Waals surface area (Å²) < 4.78 is 45.9. The average Bonchev–Trinajstić information content (AvgIpc) is 3.19. The van der Waals surface area contributed by atoms with Gasteiger partial charge in [0.1, 0.15) is 0 Å². The van der Waals surface area contributed by atoms with Crippen LogP contribution in [0.2, 0.25) is 0 Å². The van der Waals surface area contributed by atoms with Gasteiger partial charge in [0.05, 0.1) is 40.2 Å². The lowest BCUT2D eigenvalue weighted by Gasteiger charge is -2.12. The highest BCUT2D eigenvalue weighted by Gasteiger charge is 2.30. The fourth-order valence-corrected chi connectivity index (χ4v) is 4.94.